The lowest BCUT2D eigenvalue weighted by Crippen LogP contribution is -2.54. The summed E-state index contributed by atoms with van der Waals surface area (Å²) in [5.41, 5.74) is -0.00289. The summed E-state index contributed by atoms with van der Waals surface area (Å²) in [7, 11) is 0. The largest absolute Gasteiger partial charge is 0.449 e. The van der Waals surface area contributed by atoms with Crippen molar-refractivity contribution in [2.24, 2.45) is 0 Å². The van der Waals surface area contributed by atoms with Crippen molar-refractivity contribution in [1.29, 1.82) is 0 Å². The number of hydrogen-bond acceptors (Lipinski definition) is 5. The lowest BCUT2D eigenvalue weighted by molar-refractivity contribution is -0.122. The second-order valence-electron chi connectivity index (χ2n) is 6.28. The summed E-state index contributed by atoms with van der Waals surface area (Å²) in [4.78, 5) is 39.3. The van der Waals surface area contributed by atoms with E-state index in [-0.39, 0.29) is 17.0 Å². The van der Waals surface area contributed by atoms with E-state index < -0.39 is 17.8 Å². The molecular formula is C21H11BrCl2N2O4S. The third kappa shape index (κ3) is 4.72. The summed E-state index contributed by atoms with van der Waals surface area (Å²) in [6, 6.07) is 14.2. The zero-order valence-corrected chi connectivity index (χ0v) is 19.3. The zero-order chi connectivity index (χ0) is 22.1. The first-order valence-corrected chi connectivity index (χ1v) is 11.1. The molecule has 156 valence electrons. The zero-order valence-electron chi connectivity index (χ0n) is 15.4. The highest BCUT2D eigenvalue weighted by atomic mass is 79.9. The molecule has 4 rings (SSSR count). The van der Waals surface area contributed by atoms with E-state index in [1.807, 2.05) is 12.1 Å². The fourth-order valence-corrected chi connectivity index (χ4v) is 4.41. The van der Waals surface area contributed by atoms with E-state index in [2.05, 4.69) is 21.2 Å². The van der Waals surface area contributed by atoms with Gasteiger partial charge in [0.05, 0.1) is 10.2 Å². The van der Waals surface area contributed by atoms with Crippen molar-refractivity contribution in [1.82, 2.24) is 5.32 Å². The number of carbonyl (C=O) groups is 3. The first kappa shape index (κ1) is 21.7. The number of rotatable bonds is 4. The Kier molecular flexibility index (Phi) is 6.24. The molecule has 0 saturated carbocycles. The minimum atomic E-state index is -0.853. The van der Waals surface area contributed by atoms with Gasteiger partial charge in [-0.2, -0.15) is 0 Å². The molecule has 0 unspecified atom stereocenters. The minimum Gasteiger partial charge on any atom is -0.449 e. The van der Waals surface area contributed by atoms with E-state index in [0.717, 1.165) is 9.80 Å². The molecule has 0 aliphatic carbocycles. The van der Waals surface area contributed by atoms with Gasteiger partial charge in [0.1, 0.15) is 11.3 Å². The number of nitrogens with one attached hydrogen (secondary N) is 1. The van der Waals surface area contributed by atoms with E-state index in [1.165, 1.54) is 23.9 Å². The van der Waals surface area contributed by atoms with Gasteiger partial charge in [0.25, 0.3) is 11.8 Å². The number of barbiturate groups is 1. The van der Waals surface area contributed by atoms with Crippen LogP contribution in [0.2, 0.25) is 10.0 Å². The van der Waals surface area contributed by atoms with Crippen LogP contribution in [0.5, 0.6) is 0 Å². The molecule has 0 bridgehead atoms. The molecule has 0 atom stereocenters. The van der Waals surface area contributed by atoms with Crippen molar-refractivity contribution >= 4 is 80.5 Å². The van der Waals surface area contributed by atoms with Crippen LogP contribution in [0.1, 0.15) is 5.76 Å². The number of anilines is 1. The second kappa shape index (κ2) is 8.92. The molecule has 10 heteroatoms. The van der Waals surface area contributed by atoms with Gasteiger partial charge in [-0.25, -0.2) is 9.69 Å². The van der Waals surface area contributed by atoms with Gasteiger partial charge in [-0.3, -0.25) is 14.9 Å². The van der Waals surface area contributed by atoms with Crippen molar-refractivity contribution in [2.45, 2.75) is 9.99 Å². The Bertz CT molecular complexity index is 1240. The van der Waals surface area contributed by atoms with E-state index in [4.69, 9.17) is 27.6 Å². The molecular weight excluding hydrogens is 527 g/mol. The third-order valence-corrected chi connectivity index (χ3v) is 6.49. The fourth-order valence-electron chi connectivity index (χ4n) is 2.77. The molecule has 2 heterocycles. The summed E-state index contributed by atoms with van der Waals surface area (Å²) in [5, 5.41) is 3.65. The number of imide groups is 2. The molecule has 6 nitrogen and oxygen atoms in total. The van der Waals surface area contributed by atoms with Gasteiger partial charge in [-0.1, -0.05) is 41.0 Å². The molecule has 1 aliphatic heterocycles. The molecule has 4 amide bonds. The molecule has 3 aromatic rings. The fraction of sp³-hybridized carbons (Fsp3) is 0. The van der Waals surface area contributed by atoms with Crippen molar-refractivity contribution in [2.75, 3.05) is 4.90 Å². The molecule has 1 aromatic heterocycles. The number of nitrogens with zero attached hydrogens (tertiary/aromatic N) is 1. The van der Waals surface area contributed by atoms with Crippen LogP contribution in [0.3, 0.4) is 0 Å². The maximum Gasteiger partial charge on any atom is 0.335 e. The Morgan fingerprint density at radius 3 is 2.45 bits per heavy atom. The van der Waals surface area contributed by atoms with Crippen molar-refractivity contribution in [3.8, 4) is 0 Å². The van der Waals surface area contributed by atoms with Gasteiger partial charge in [0.2, 0.25) is 0 Å². The molecule has 1 aliphatic rings. The van der Waals surface area contributed by atoms with Crippen LogP contribution < -0.4 is 10.2 Å². The van der Waals surface area contributed by atoms with Crippen LogP contribution in [0.4, 0.5) is 10.5 Å². The number of carbonyl (C=O) groups excluding carboxylic acids is 3. The number of hydrogen-bond donors (Lipinski definition) is 1. The summed E-state index contributed by atoms with van der Waals surface area (Å²) in [6.45, 7) is 0. The van der Waals surface area contributed by atoms with Gasteiger partial charge in [-0.05, 0) is 70.5 Å². The van der Waals surface area contributed by atoms with Crippen LogP contribution in [0.25, 0.3) is 6.08 Å². The summed E-state index contributed by atoms with van der Waals surface area (Å²) >= 11 is 16.6. The topological polar surface area (TPSA) is 79.6 Å². The average Bonchev–Trinajstić information content (AvgIpc) is 3.06. The lowest BCUT2D eigenvalue weighted by Gasteiger charge is -2.26. The Morgan fingerprint density at radius 1 is 1.00 bits per heavy atom. The van der Waals surface area contributed by atoms with E-state index in [9.17, 15) is 14.4 Å². The van der Waals surface area contributed by atoms with Crippen LogP contribution in [-0.4, -0.2) is 17.8 Å². The first-order valence-electron chi connectivity index (χ1n) is 8.71. The van der Waals surface area contributed by atoms with E-state index in [0.29, 0.717) is 19.6 Å². The van der Waals surface area contributed by atoms with Crippen molar-refractivity contribution in [3.63, 3.8) is 0 Å². The van der Waals surface area contributed by atoms with Gasteiger partial charge < -0.3 is 4.42 Å². The molecule has 1 N–H and O–H groups in total. The van der Waals surface area contributed by atoms with Gasteiger partial charge >= 0.3 is 6.03 Å². The molecule has 2 aromatic carbocycles. The maximum atomic E-state index is 12.9. The number of halogens is 3. The number of urea groups is 1. The molecule has 1 fully saturated rings. The van der Waals surface area contributed by atoms with Crippen molar-refractivity contribution < 1.29 is 18.8 Å². The van der Waals surface area contributed by atoms with Gasteiger partial charge in [-0.15, -0.1) is 0 Å². The second-order valence-corrected chi connectivity index (χ2v) is 9.05. The molecule has 0 spiro atoms. The smallest absolute Gasteiger partial charge is 0.335 e. The van der Waals surface area contributed by atoms with Crippen molar-refractivity contribution in [3.05, 3.63) is 80.4 Å². The highest BCUT2D eigenvalue weighted by Gasteiger charge is 2.37. The molecule has 1 saturated heterocycles. The average molecular weight is 538 g/mol. The predicted octanol–water partition coefficient (Wildman–Crippen LogP) is 6.17. The highest BCUT2D eigenvalue weighted by Crippen LogP contribution is 2.37. The van der Waals surface area contributed by atoms with Crippen LogP contribution in [0.15, 0.2) is 79.0 Å². The van der Waals surface area contributed by atoms with Crippen LogP contribution in [0, 0.1) is 0 Å². The number of furan rings is 1. The SMILES string of the molecule is O=C1NC(=O)N(c2cccc(Cl)c2)C(=O)C1=Cc1cc(Br)c(Sc2ccc(Cl)cc2)o1. The monoisotopic (exact) mass is 536 g/mol. The summed E-state index contributed by atoms with van der Waals surface area (Å²) < 4.78 is 6.43. The summed E-state index contributed by atoms with van der Waals surface area (Å²) in [6.07, 6.45) is 1.29. The number of amides is 4. The van der Waals surface area contributed by atoms with E-state index >= 15 is 0 Å². The van der Waals surface area contributed by atoms with Gasteiger partial charge in [0.15, 0.2) is 5.09 Å². The highest BCUT2D eigenvalue weighted by molar-refractivity contribution is 9.10. The maximum absolute atomic E-state index is 12.9. The predicted molar refractivity (Wildman–Crippen MR) is 122 cm³/mol. The molecule has 31 heavy (non-hydrogen) atoms. The van der Waals surface area contributed by atoms with Crippen LogP contribution >= 0.6 is 50.9 Å². The summed E-state index contributed by atoms with van der Waals surface area (Å²) in [5.74, 6) is -1.33. The standard InChI is InChI=1S/C21H11BrCl2N2O4S/c22-17-10-14(30-20(17)31-15-6-4-11(23)5-7-15)9-16-18(27)25-21(29)26(19(16)28)13-3-1-2-12(24)8-13/h1-10H,(H,25,27,29). The first-order chi connectivity index (χ1) is 14.8. The lowest BCUT2D eigenvalue weighted by atomic mass is 10.1. The Labute approximate surface area is 199 Å². The van der Waals surface area contributed by atoms with E-state index in [1.54, 1.807) is 36.4 Å². The third-order valence-electron chi connectivity index (χ3n) is 4.15. The quantitative estimate of drug-likeness (QED) is 0.318. The van der Waals surface area contributed by atoms with Gasteiger partial charge in [0, 0.05) is 14.9 Å². The van der Waals surface area contributed by atoms with Crippen LogP contribution in [-0.2, 0) is 9.59 Å². The Morgan fingerprint density at radius 2 is 1.74 bits per heavy atom. The Hall–Kier alpha value is -2.52. The molecule has 0 radical (unpaired) electrons. The number of benzene rings is 2. The Balaban J connectivity index is 1.64. The normalized spacial score (nSPS) is 15.5. The minimum absolute atomic E-state index is 0.244.